The summed E-state index contributed by atoms with van der Waals surface area (Å²) in [7, 11) is 0. The third-order valence-corrected chi connectivity index (χ3v) is 5.47. The molecule has 118 valence electrons. The molecule has 0 atom stereocenters. The van der Waals surface area contributed by atoms with Gasteiger partial charge >= 0.3 is 0 Å². The van der Waals surface area contributed by atoms with E-state index in [-0.39, 0.29) is 0 Å². The Hall–Kier alpha value is -0.830. The van der Waals surface area contributed by atoms with Crippen molar-refractivity contribution in [3.63, 3.8) is 0 Å². The molecule has 2 saturated carbocycles. The zero-order valence-electron chi connectivity index (χ0n) is 13.8. The maximum absolute atomic E-state index is 4.92. The fourth-order valence-electron chi connectivity index (χ4n) is 3.92. The molecule has 1 aromatic heterocycles. The van der Waals surface area contributed by atoms with Crippen molar-refractivity contribution < 1.29 is 0 Å². The van der Waals surface area contributed by atoms with Crippen LogP contribution in [0, 0.1) is 5.41 Å². The summed E-state index contributed by atoms with van der Waals surface area (Å²) < 4.78 is 2.26. The summed E-state index contributed by atoms with van der Waals surface area (Å²) in [6.07, 6.45) is 14.3. The summed E-state index contributed by atoms with van der Waals surface area (Å²) in [6.45, 7) is 5.63. The summed E-state index contributed by atoms with van der Waals surface area (Å²) in [6, 6.07) is 3.52. The van der Waals surface area contributed by atoms with Crippen molar-refractivity contribution in [2.45, 2.75) is 83.7 Å². The van der Waals surface area contributed by atoms with Crippen molar-refractivity contribution in [1.82, 2.24) is 15.1 Å². The van der Waals surface area contributed by atoms with Crippen LogP contribution in [-0.2, 0) is 6.42 Å². The fourth-order valence-corrected chi connectivity index (χ4v) is 3.92. The van der Waals surface area contributed by atoms with Crippen molar-refractivity contribution >= 4 is 0 Å². The fraction of sp³-hybridized carbons (Fsp3) is 0.833. The Morgan fingerprint density at radius 3 is 2.62 bits per heavy atom. The molecule has 0 bridgehead atoms. The molecule has 1 N–H and O–H groups in total. The maximum atomic E-state index is 4.92. The number of aromatic nitrogens is 2. The van der Waals surface area contributed by atoms with Gasteiger partial charge in [-0.2, -0.15) is 5.10 Å². The zero-order chi connectivity index (χ0) is 14.7. The van der Waals surface area contributed by atoms with E-state index >= 15 is 0 Å². The van der Waals surface area contributed by atoms with Crippen LogP contribution in [0.2, 0.25) is 0 Å². The van der Waals surface area contributed by atoms with E-state index in [1.54, 1.807) is 0 Å². The molecule has 0 saturated heterocycles. The molecule has 3 heteroatoms. The van der Waals surface area contributed by atoms with Crippen LogP contribution in [0.15, 0.2) is 12.3 Å². The highest BCUT2D eigenvalue weighted by atomic mass is 15.3. The molecule has 21 heavy (non-hydrogen) atoms. The highest BCUT2D eigenvalue weighted by molar-refractivity contribution is 5.07. The molecule has 0 amide bonds. The first-order chi connectivity index (χ1) is 10.2. The molecule has 2 aliphatic carbocycles. The largest absolute Gasteiger partial charge is 0.314 e. The molecule has 2 fully saturated rings. The van der Waals surface area contributed by atoms with Crippen LogP contribution in [0.4, 0.5) is 0 Å². The molecule has 1 heterocycles. The molecule has 3 rings (SSSR count). The predicted octanol–water partition coefficient (Wildman–Crippen LogP) is 4.10. The van der Waals surface area contributed by atoms with Crippen molar-refractivity contribution in [2.75, 3.05) is 6.54 Å². The molecule has 0 radical (unpaired) electrons. The Bertz CT molecular complexity index is 439. The molecular weight excluding hydrogens is 258 g/mol. The first-order valence-corrected chi connectivity index (χ1v) is 8.94. The van der Waals surface area contributed by atoms with Crippen LogP contribution < -0.4 is 5.32 Å². The first-order valence-electron chi connectivity index (χ1n) is 8.94. The van der Waals surface area contributed by atoms with E-state index in [2.05, 4.69) is 36.1 Å². The number of rotatable bonds is 6. The van der Waals surface area contributed by atoms with Gasteiger partial charge in [0.15, 0.2) is 0 Å². The second-order valence-electron chi connectivity index (χ2n) is 7.64. The summed E-state index contributed by atoms with van der Waals surface area (Å²) in [5.74, 6) is 0. The smallest absolute Gasteiger partial charge is 0.0630 e. The van der Waals surface area contributed by atoms with Crippen molar-refractivity contribution in [3.8, 4) is 0 Å². The Balaban J connectivity index is 1.60. The minimum Gasteiger partial charge on any atom is -0.314 e. The van der Waals surface area contributed by atoms with Gasteiger partial charge in [0.2, 0.25) is 0 Å². The number of nitrogens with one attached hydrogen (secondary N) is 1. The highest BCUT2D eigenvalue weighted by Crippen LogP contribution is 2.43. The van der Waals surface area contributed by atoms with E-state index in [0.29, 0.717) is 17.5 Å². The number of hydrogen-bond acceptors (Lipinski definition) is 2. The molecule has 0 unspecified atom stereocenters. The van der Waals surface area contributed by atoms with Gasteiger partial charge in [-0.15, -0.1) is 0 Å². The molecule has 0 aliphatic heterocycles. The zero-order valence-corrected chi connectivity index (χ0v) is 13.8. The molecular formula is C18H31N3. The van der Waals surface area contributed by atoms with Crippen LogP contribution in [-0.4, -0.2) is 22.4 Å². The lowest BCUT2D eigenvalue weighted by atomic mass is 9.66. The van der Waals surface area contributed by atoms with Crippen LogP contribution >= 0.6 is 0 Å². The van der Waals surface area contributed by atoms with E-state index in [4.69, 9.17) is 5.10 Å². The normalized spacial score (nSPS) is 22.4. The lowest BCUT2D eigenvalue weighted by Gasteiger charge is -2.42. The van der Waals surface area contributed by atoms with Crippen LogP contribution in [0.25, 0.3) is 0 Å². The third-order valence-electron chi connectivity index (χ3n) is 5.47. The van der Waals surface area contributed by atoms with Gasteiger partial charge in [0, 0.05) is 18.8 Å². The Kier molecular flexibility index (Phi) is 4.68. The van der Waals surface area contributed by atoms with Gasteiger partial charge in [0.1, 0.15) is 0 Å². The Morgan fingerprint density at radius 1 is 1.24 bits per heavy atom. The topological polar surface area (TPSA) is 29.9 Å². The van der Waals surface area contributed by atoms with Gasteiger partial charge in [-0.3, -0.25) is 4.68 Å². The summed E-state index contributed by atoms with van der Waals surface area (Å²) in [4.78, 5) is 0. The lowest BCUT2D eigenvalue weighted by molar-refractivity contribution is 0.125. The van der Waals surface area contributed by atoms with Gasteiger partial charge in [0.05, 0.1) is 11.7 Å². The average molecular weight is 289 g/mol. The predicted molar refractivity (Wildman–Crippen MR) is 87.5 cm³/mol. The van der Waals surface area contributed by atoms with E-state index < -0.39 is 0 Å². The molecule has 2 aliphatic rings. The minimum atomic E-state index is 0.482. The highest BCUT2D eigenvalue weighted by Gasteiger charge is 2.37. The van der Waals surface area contributed by atoms with Crippen molar-refractivity contribution in [1.29, 1.82) is 0 Å². The van der Waals surface area contributed by atoms with Crippen LogP contribution in [0.1, 0.15) is 76.9 Å². The summed E-state index contributed by atoms with van der Waals surface area (Å²) >= 11 is 0. The van der Waals surface area contributed by atoms with E-state index in [0.717, 1.165) is 13.0 Å². The summed E-state index contributed by atoms with van der Waals surface area (Å²) in [5, 5.41) is 8.56. The number of nitrogens with zero attached hydrogens (tertiary/aromatic N) is 2. The molecule has 0 aromatic carbocycles. The Morgan fingerprint density at radius 2 is 2.00 bits per heavy atom. The van der Waals surface area contributed by atoms with Gasteiger partial charge in [-0.1, -0.05) is 39.5 Å². The SMILES string of the molecule is CC(C)NCC1(Cc2ccn(C3CCCCC3)n2)CCC1. The molecule has 0 spiro atoms. The van der Waals surface area contributed by atoms with Gasteiger partial charge in [0.25, 0.3) is 0 Å². The van der Waals surface area contributed by atoms with Crippen molar-refractivity contribution in [2.24, 2.45) is 5.41 Å². The third kappa shape index (κ3) is 3.68. The minimum absolute atomic E-state index is 0.482. The van der Waals surface area contributed by atoms with Gasteiger partial charge in [-0.05, 0) is 43.6 Å². The van der Waals surface area contributed by atoms with Crippen LogP contribution in [0.5, 0.6) is 0 Å². The van der Waals surface area contributed by atoms with E-state index in [1.807, 2.05) is 0 Å². The average Bonchev–Trinajstić information content (AvgIpc) is 2.91. The van der Waals surface area contributed by atoms with E-state index in [9.17, 15) is 0 Å². The standard InChI is InChI=1S/C18H31N3/c1-15(2)19-14-18(10-6-11-18)13-16-9-12-21(20-16)17-7-4-3-5-8-17/h9,12,15,17,19H,3-8,10-11,13-14H2,1-2H3. The van der Waals surface area contributed by atoms with E-state index in [1.165, 1.54) is 57.1 Å². The maximum Gasteiger partial charge on any atom is 0.0630 e. The van der Waals surface area contributed by atoms with Crippen molar-refractivity contribution in [3.05, 3.63) is 18.0 Å². The monoisotopic (exact) mass is 289 g/mol. The molecule has 1 aromatic rings. The second kappa shape index (κ2) is 6.51. The van der Waals surface area contributed by atoms with Gasteiger partial charge in [-0.25, -0.2) is 0 Å². The van der Waals surface area contributed by atoms with Crippen LogP contribution in [0.3, 0.4) is 0 Å². The molecule has 3 nitrogen and oxygen atoms in total. The second-order valence-corrected chi connectivity index (χ2v) is 7.64. The summed E-state index contributed by atoms with van der Waals surface area (Å²) in [5.41, 5.74) is 1.79. The first kappa shape index (κ1) is 15.1. The Labute approximate surface area is 129 Å². The van der Waals surface area contributed by atoms with Gasteiger partial charge < -0.3 is 5.32 Å². The lowest BCUT2D eigenvalue weighted by Crippen LogP contribution is -2.43. The quantitative estimate of drug-likeness (QED) is 0.854. The number of hydrogen-bond donors (Lipinski definition) is 1.